The van der Waals surface area contributed by atoms with Gasteiger partial charge in [-0.1, -0.05) is 13.8 Å². The number of pyridine rings is 1. The summed E-state index contributed by atoms with van der Waals surface area (Å²) in [7, 11) is 0. The third-order valence-electron chi connectivity index (χ3n) is 4.06. The summed E-state index contributed by atoms with van der Waals surface area (Å²) in [5.41, 5.74) is 1.15. The zero-order valence-corrected chi connectivity index (χ0v) is 13.3. The van der Waals surface area contributed by atoms with Crippen LogP contribution in [0.15, 0.2) is 18.5 Å². The van der Waals surface area contributed by atoms with E-state index in [-0.39, 0.29) is 5.91 Å². The molecule has 0 spiro atoms. The van der Waals surface area contributed by atoms with Crippen molar-refractivity contribution in [2.24, 2.45) is 5.92 Å². The highest BCUT2D eigenvalue weighted by Crippen LogP contribution is 2.22. The van der Waals surface area contributed by atoms with Crippen LogP contribution in [0.4, 0.5) is 0 Å². The van der Waals surface area contributed by atoms with Crippen LogP contribution in [0.2, 0.25) is 0 Å². The Labute approximate surface area is 133 Å². The highest BCUT2D eigenvalue weighted by atomic mass is 16.4. The number of hydrogen-bond donors (Lipinski definition) is 1. The maximum Gasteiger partial charge on any atom is 0.326 e. The molecule has 7 heteroatoms. The number of rotatable bonds is 4. The molecule has 3 heterocycles. The van der Waals surface area contributed by atoms with E-state index >= 15 is 0 Å². The fourth-order valence-corrected chi connectivity index (χ4v) is 3.00. The molecule has 0 aliphatic carbocycles. The summed E-state index contributed by atoms with van der Waals surface area (Å²) < 4.78 is 1.82. The Morgan fingerprint density at radius 1 is 1.39 bits per heavy atom. The zero-order valence-electron chi connectivity index (χ0n) is 13.3. The second kappa shape index (κ2) is 5.98. The highest BCUT2D eigenvalue weighted by Gasteiger charge is 2.34. The standard InChI is InChI=1S/C16H20N4O3/c1-10(2)9-20-14-11(8-18-20)6-12(7-17-14)15(21)19-5-3-4-13(19)16(22)23/h6-8,10,13H,3-5,9H2,1-2H3,(H,22,23)/t13-/m0/s1. The third kappa shape index (κ3) is 2.91. The normalized spacial score (nSPS) is 18.0. The van der Waals surface area contributed by atoms with Gasteiger partial charge in [-0.3, -0.25) is 4.79 Å². The van der Waals surface area contributed by atoms with Gasteiger partial charge in [0.2, 0.25) is 0 Å². The van der Waals surface area contributed by atoms with Gasteiger partial charge in [-0.25, -0.2) is 14.5 Å². The zero-order chi connectivity index (χ0) is 16.6. The molecule has 3 rings (SSSR count). The predicted octanol–water partition coefficient (Wildman–Crippen LogP) is 1.78. The lowest BCUT2D eigenvalue weighted by atomic mass is 10.2. The molecular weight excluding hydrogens is 296 g/mol. The van der Waals surface area contributed by atoms with Gasteiger partial charge in [0.25, 0.3) is 5.91 Å². The van der Waals surface area contributed by atoms with Gasteiger partial charge >= 0.3 is 5.97 Å². The average molecular weight is 316 g/mol. The van der Waals surface area contributed by atoms with E-state index in [1.165, 1.54) is 11.1 Å². The number of carboxylic acid groups (broad SMARTS) is 1. The summed E-state index contributed by atoms with van der Waals surface area (Å²) in [6.07, 6.45) is 4.42. The summed E-state index contributed by atoms with van der Waals surface area (Å²) in [6, 6.07) is 1.01. The van der Waals surface area contributed by atoms with Gasteiger partial charge in [0.15, 0.2) is 5.65 Å². The van der Waals surface area contributed by atoms with Gasteiger partial charge in [0, 0.05) is 24.7 Å². The fraction of sp³-hybridized carbons (Fsp3) is 0.500. The Morgan fingerprint density at radius 3 is 2.87 bits per heavy atom. The van der Waals surface area contributed by atoms with Crippen LogP contribution < -0.4 is 0 Å². The average Bonchev–Trinajstić information content (AvgIpc) is 3.13. The molecule has 0 radical (unpaired) electrons. The molecule has 2 aromatic rings. The molecule has 1 aliphatic heterocycles. The van der Waals surface area contributed by atoms with Crippen molar-refractivity contribution >= 4 is 22.9 Å². The van der Waals surface area contributed by atoms with Crippen LogP contribution >= 0.6 is 0 Å². The van der Waals surface area contributed by atoms with Gasteiger partial charge in [-0.15, -0.1) is 0 Å². The molecule has 1 N–H and O–H groups in total. The van der Waals surface area contributed by atoms with Crippen molar-refractivity contribution in [3.05, 3.63) is 24.0 Å². The summed E-state index contributed by atoms with van der Waals surface area (Å²) in [5.74, 6) is -0.780. The first-order valence-corrected chi connectivity index (χ1v) is 7.82. The molecule has 0 unspecified atom stereocenters. The van der Waals surface area contributed by atoms with Crippen molar-refractivity contribution in [2.45, 2.75) is 39.3 Å². The van der Waals surface area contributed by atoms with Gasteiger partial charge in [0.05, 0.1) is 11.8 Å². The third-order valence-corrected chi connectivity index (χ3v) is 4.06. The monoisotopic (exact) mass is 316 g/mol. The van der Waals surface area contributed by atoms with Gasteiger partial charge < -0.3 is 10.0 Å². The maximum absolute atomic E-state index is 12.6. The fourth-order valence-electron chi connectivity index (χ4n) is 3.00. The Morgan fingerprint density at radius 2 is 2.17 bits per heavy atom. The SMILES string of the molecule is CC(C)Cn1ncc2cc(C(=O)N3CCC[C@H]3C(=O)O)cnc21. The van der Waals surface area contributed by atoms with Crippen LogP contribution in [0.3, 0.4) is 0 Å². The van der Waals surface area contributed by atoms with Crippen LogP contribution in [0.1, 0.15) is 37.0 Å². The first-order chi connectivity index (χ1) is 11.0. The number of likely N-dealkylation sites (tertiary alicyclic amines) is 1. The Hall–Kier alpha value is -2.44. The van der Waals surface area contributed by atoms with E-state index < -0.39 is 12.0 Å². The van der Waals surface area contributed by atoms with Crippen LogP contribution in [0, 0.1) is 5.92 Å². The Kier molecular flexibility index (Phi) is 4.02. The van der Waals surface area contributed by atoms with Gasteiger partial charge in [0.1, 0.15) is 6.04 Å². The largest absolute Gasteiger partial charge is 0.480 e. The molecule has 23 heavy (non-hydrogen) atoms. The van der Waals surface area contributed by atoms with Gasteiger partial charge in [-0.05, 0) is 24.8 Å². The number of carboxylic acids is 1. The molecule has 1 fully saturated rings. The van der Waals surface area contributed by atoms with E-state index in [1.54, 1.807) is 12.3 Å². The molecule has 0 bridgehead atoms. The van der Waals surface area contributed by atoms with E-state index in [2.05, 4.69) is 23.9 Å². The lowest BCUT2D eigenvalue weighted by Gasteiger charge is -2.21. The second-order valence-electron chi connectivity index (χ2n) is 6.35. The summed E-state index contributed by atoms with van der Waals surface area (Å²) in [4.78, 5) is 29.6. The Bertz CT molecular complexity index is 753. The molecule has 2 aromatic heterocycles. The molecule has 1 atom stereocenters. The predicted molar refractivity (Wildman–Crippen MR) is 84.1 cm³/mol. The smallest absolute Gasteiger partial charge is 0.326 e. The number of fused-ring (bicyclic) bond motifs is 1. The lowest BCUT2D eigenvalue weighted by Crippen LogP contribution is -2.40. The molecular formula is C16H20N4O3. The number of carbonyl (C=O) groups excluding carboxylic acids is 1. The van der Waals surface area contributed by atoms with Crippen molar-refractivity contribution in [3.63, 3.8) is 0 Å². The molecule has 0 aromatic carbocycles. The van der Waals surface area contributed by atoms with Crippen LogP contribution in [-0.2, 0) is 11.3 Å². The number of amides is 1. The first kappa shape index (κ1) is 15.5. The minimum Gasteiger partial charge on any atom is -0.480 e. The van der Waals surface area contributed by atoms with Crippen LogP contribution in [-0.4, -0.2) is 49.2 Å². The molecule has 0 saturated carbocycles. The summed E-state index contributed by atoms with van der Waals surface area (Å²) in [6.45, 7) is 5.44. The minimum atomic E-state index is -0.949. The molecule has 1 amide bonds. The van der Waals surface area contributed by atoms with Gasteiger partial charge in [-0.2, -0.15) is 5.10 Å². The molecule has 1 saturated heterocycles. The van der Waals surface area contributed by atoms with Crippen LogP contribution in [0.5, 0.6) is 0 Å². The van der Waals surface area contributed by atoms with Crippen molar-refractivity contribution in [2.75, 3.05) is 6.54 Å². The number of hydrogen-bond acceptors (Lipinski definition) is 4. The van der Waals surface area contributed by atoms with Crippen LogP contribution in [0.25, 0.3) is 11.0 Å². The quantitative estimate of drug-likeness (QED) is 0.929. The minimum absolute atomic E-state index is 0.277. The highest BCUT2D eigenvalue weighted by molar-refractivity contribution is 5.99. The van der Waals surface area contributed by atoms with Crippen molar-refractivity contribution in [3.8, 4) is 0 Å². The maximum atomic E-state index is 12.6. The van der Waals surface area contributed by atoms with Crippen molar-refractivity contribution < 1.29 is 14.7 Å². The van der Waals surface area contributed by atoms with E-state index in [0.717, 1.165) is 17.6 Å². The molecule has 7 nitrogen and oxygen atoms in total. The summed E-state index contributed by atoms with van der Waals surface area (Å²) >= 11 is 0. The number of carbonyl (C=O) groups is 2. The molecule has 1 aliphatic rings. The summed E-state index contributed by atoms with van der Waals surface area (Å²) in [5, 5.41) is 14.3. The first-order valence-electron chi connectivity index (χ1n) is 7.82. The number of aromatic nitrogens is 3. The number of aliphatic carboxylic acids is 1. The lowest BCUT2D eigenvalue weighted by molar-refractivity contribution is -0.141. The van der Waals surface area contributed by atoms with E-state index in [1.807, 2.05) is 4.68 Å². The molecule has 122 valence electrons. The van der Waals surface area contributed by atoms with E-state index in [4.69, 9.17) is 0 Å². The topological polar surface area (TPSA) is 88.3 Å². The number of nitrogens with zero attached hydrogens (tertiary/aromatic N) is 4. The van der Waals surface area contributed by atoms with E-state index in [0.29, 0.717) is 30.9 Å². The van der Waals surface area contributed by atoms with E-state index in [9.17, 15) is 14.7 Å². The Balaban J connectivity index is 1.88. The second-order valence-corrected chi connectivity index (χ2v) is 6.35. The van der Waals surface area contributed by atoms with Crippen molar-refractivity contribution in [1.29, 1.82) is 0 Å². The van der Waals surface area contributed by atoms with Crippen molar-refractivity contribution in [1.82, 2.24) is 19.7 Å².